The minimum atomic E-state index is -3.88. The smallest absolute Gasteiger partial charge is 0.410 e. The second kappa shape index (κ2) is 7.65. The van der Waals surface area contributed by atoms with Gasteiger partial charge in [-0.1, -0.05) is 12.1 Å². The Bertz CT molecular complexity index is 781. The summed E-state index contributed by atoms with van der Waals surface area (Å²) in [4.78, 5) is 25.0. The lowest BCUT2D eigenvalue weighted by Gasteiger charge is -2.36. The number of amides is 1. The van der Waals surface area contributed by atoms with Gasteiger partial charge >= 0.3 is 12.1 Å². The third-order valence-electron chi connectivity index (χ3n) is 4.12. The topological polar surface area (TPSA) is 101 Å². The van der Waals surface area contributed by atoms with Gasteiger partial charge in [0.15, 0.2) is 9.84 Å². The highest BCUT2D eigenvalue weighted by Crippen LogP contribution is 2.25. The molecule has 1 unspecified atom stereocenters. The quantitative estimate of drug-likeness (QED) is 0.858. The number of sulfone groups is 1. The Kier molecular flexibility index (Phi) is 5.95. The van der Waals surface area contributed by atoms with Crippen molar-refractivity contribution in [2.75, 3.05) is 12.3 Å². The van der Waals surface area contributed by atoms with Crippen LogP contribution in [0.4, 0.5) is 4.79 Å². The van der Waals surface area contributed by atoms with Crippen LogP contribution in [0.3, 0.4) is 0 Å². The van der Waals surface area contributed by atoms with Crippen LogP contribution in [0.5, 0.6) is 0 Å². The summed E-state index contributed by atoms with van der Waals surface area (Å²) in [7, 11) is -3.88. The molecule has 1 aliphatic heterocycles. The van der Waals surface area contributed by atoms with Crippen molar-refractivity contribution >= 4 is 21.9 Å². The van der Waals surface area contributed by atoms with E-state index in [1.54, 1.807) is 20.8 Å². The molecule has 0 bridgehead atoms. The zero-order valence-electron chi connectivity index (χ0n) is 15.3. The van der Waals surface area contributed by atoms with Crippen LogP contribution in [0.15, 0.2) is 29.2 Å². The van der Waals surface area contributed by atoms with Crippen LogP contribution < -0.4 is 0 Å². The molecule has 0 aromatic heterocycles. The highest BCUT2D eigenvalue weighted by atomic mass is 32.2. The van der Waals surface area contributed by atoms with Gasteiger partial charge in [-0.15, -0.1) is 0 Å². The first-order chi connectivity index (χ1) is 12.0. The maximum Gasteiger partial charge on any atom is 0.410 e. The molecular formula is C18H25NO6S. The molecule has 2 rings (SSSR count). The van der Waals surface area contributed by atoms with Gasteiger partial charge in [0.2, 0.25) is 0 Å². The lowest BCUT2D eigenvalue weighted by Crippen LogP contribution is -2.49. The number of likely N-dealkylation sites (tertiary alicyclic amines) is 1. The predicted octanol–water partition coefficient (Wildman–Crippen LogP) is 2.95. The standard InChI is InChI=1S/C18H25NO6S/c1-18(2,3)25-17(22)19-11-7-6-8-13(19)12-26(23,24)15-10-5-4-9-14(15)16(20)21/h4-5,9-10,13H,6-8,11-12H2,1-3H3,(H,20,21). The lowest BCUT2D eigenvalue weighted by atomic mass is 10.0. The molecule has 0 spiro atoms. The monoisotopic (exact) mass is 383 g/mol. The van der Waals surface area contributed by atoms with Crippen LogP contribution in [-0.2, 0) is 14.6 Å². The van der Waals surface area contributed by atoms with Gasteiger partial charge in [-0.3, -0.25) is 0 Å². The van der Waals surface area contributed by atoms with Crippen molar-refractivity contribution in [2.24, 2.45) is 0 Å². The molecule has 1 aromatic rings. The van der Waals surface area contributed by atoms with Crippen molar-refractivity contribution in [1.29, 1.82) is 0 Å². The summed E-state index contributed by atoms with van der Waals surface area (Å²) in [6, 6.07) is 4.99. The molecule has 1 aromatic carbocycles. The van der Waals surface area contributed by atoms with Gasteiger partial charge in [0.1, 0.15) is 5.60 Å². The Labute approximate surface area is 153 Å². The number of piperidine rings is 1. The van der Waals surface area contributed by atoms with Gasteiger partial charge in [-0.25, -0.2) is 18.0 Å². The van der Waals surface area contributed by atoms with Crippen molar-refractivity contribution < 1.29 is 27.9 Å². The van der Waals surface area contributed by atoms with Crippen molar-refractivity contribution in [3.8, 4) is 0 Å². The summed E-state index contributed by atoms with van der Waals surface area (Å²) < 4.78 is 31.1. The average Bonchev–Trinajstić information content (AvgIpc) is 2.53. The molecule has 0 aliphatic carbocycles. The van der Waals surface area contributed by atoms with E-state index in [0.29, 0.717) is 13.0 Å². The highest BCUT2D eigenvalue weighted by molar-refractivity contribution is 7.91. The molecule has 1 atom stereocenters. The molecule has 7 nitrogen and oxygen atoms in total. The molecule has 144 valence electrons. The molecule has 8 heteroatoms. The fourth-order valence-electron chi connectivity index (χ4n) is 2.99. The second-order valence-electron chi connectivity index (χ2n) is 7.41. The zero-order valence-corrected chi connectivity index (χ0v) is 16.1. The normalized spacial score (nSPS) is 18.4. The second-order valence-corrected chi connectivity index (χ2v) is 9.41. The van der Waals surface area contributed by atoms with Crippen LogP contribution in [-0.4, -0.2) is 54.4 Å². The number of carboxylic acid groups (broad SMARTS) is 1. The molecule has 1 fully saturated rings. The average molecular weight is 383 g/mol. The number of benzene rings is 1. The molecule has 1 N–H and O–H groups in total. The number of aromatic carboxylic acids is 1. The van der Waals surface area contributed by atoms with E-state index in [1.807, 2.05) is 0 Å². The summed E-state index contributed by atoms with van der Waals surface area (Å²) in [6.45, 7) is 5.69. The largest absolute Gasteiger partial charge is 0.478 e. The van der Waals surface area contributed by atoms with E-state index < -0.39 is 33.5 Å². The fraction of sp³-hybridized carbons (Fsp3) is 0.556. The minimum absolute atomic E-state index is 0.220. The Balaban J connectivity index is 2.26. The van der Waals surface area contributed by atoms with E-state index in [0.717, 1.165) is 12.8 Å². The SMILES string of the molecule is CC(C)(C)OC(=O)N1CCCCC1CS(=O)(=O)c1ccccc1C(=O)O. The van der Waals surface area contributed by atoms with E-state index in [2.05, 4.69) is 0 Å². The van der Waals surface area contributed by atoms with Crippen LogP contribution in [0.25, 0.3) is 0 Å². The summed E-state index contributed by atoms with van der Waals surface area (Å²) in [5, 5.41) is 9.25. The number of ether oxygens (including phenoxy) is 1. The summed E-state index contributed by atoms with van der Waals surface area (Å²) >= 11 is 0. The molecule has 1 heterocycles. The van der Waals surface area contributed by atoms with E-state index >= 15 is 0 Å². The molecule has 1 aliphatic rings. The fourth-order valence-corrected chi connectivity index (χ4v) is 4.80. The van der Waals surface area contributed by atoms with Crippen molar-refractivity contribution in [3.05, 3.63) is 29.8 Å². The summed E-state index contributed by atoms with van der Waals surface area (Å²) in [5.74, 6) is -1.62. The number of rotatable bonds is 4. The van der Waals surface area contributed by atoms with E-state index in [1.165, 1.54) is 29.2 Å². The van der Waals surface area contributed by atoms with E-state index in [9.17, 15) is 23.1 Å². The van der Waals surface area contributed by atoms with Gasteiger partial charge in [0.25, 0.3) is 0 Å². The van der Waals surface area contributed by atoms with Crippen LogP contribution in [0.2, 0.25) is 0 Å². The predicted molar refractivity (Wildman–Crippen MR) is 96.0 cm³/mol. The van der Waals surface area contributed by atoms with Gasteiger partial charge in [0, 0.05) is 12.6 Å². The first-order valence-electron chi connectivity index (χ1n) is 8.56. The van der Waals surface area contributed by atoms with Gasteiger partial charge in [0.05, 0.1) is 16.2 Å². The molecule has 0 radical (unpaired) electrons. The van der Waals surface area contributed by atoms with Crippen LogP contribution in [0, 0.1) is 0 Å². The Morgan fingerprint density at radius 2 is 1.88 bits per heavy atom. The maximum absolute atomic E-state index is 12.8. The minimum Gasteiger partial charge on any atom is -0.478 e. The molecule has 1 saturated heterocycles. The molecule has 26 heavy (non-hydrogen) atoms. The van der Waals surface area contributed by atoms with Gasteiger partial charge < -0.3 is 14.7 Å². The van der Waals surface area contributed by atoms with E-state index in [4.69, 9.17) is 4.74 Å². The molecule has 1 amide bonds. The Morgan fingerprint density at radius 1 is 1.23 bits per heavy atom. The van der Waals surface area contributed by atoms with Crippen LogP contribution in [0.1, 0.15) is 50.4 Å². The number of hydrogen-bond donors (Lipinski definition) is 1. The number of carbonyl (C=O) groups excluding carboxylic acids is 1. The number of carbonyl (C=O) groups is 2. The Morgan fingerprint density at radius 3 is 2.50 bits per heavy atom. The molecule has 0 saturated carbocycles. The maximum atomic E-state index is 12.8. The van der Waals surface area contributed by atoms with E-state index in [-0.39, 0.29) is 16.2 Å². The molecular weight excluding hydrogens is 358 g/mol. The first-order valence-corrected chi connectivity index (χ1v) is 10.2. The Hall–Kier alpha value is -2.09. The van der Waals surface area contributed by atoms with Crippen molar-refractivity contribution in [1.82, 2.24) is 4.90 Å². The zero-order chi connectivity index (χ0) is 19.5. The van der Waals surface area contributed by atoms with Gasteiger partial charge in [-0.05, 0) is 52.2 Å². The number of hydrogen-bond acceptors (Lipinski definition) is 5. The van der Waals surface area contributed by atoms with Gasteiger partial charge in [-0.2, -0.15) is 0 Å². The summed E-state index contributed by atoms with van der Waals surface area (Å²) in [5.41, 5.74) is -0.930. The third-order valence-corrected chi connectivity index (χ3v) is 5.97. The lowest BCUT2D eigenvalue weighted by molar-refractivity contribution is 0.0124. The number of nitrogens with zero attached hydrogens (tertiary/aromatic N) is 1. The van der Waals surface area contributed by atoms with Crippen LogP contribution >= 0.6 is 0 Å². The third kappa shape index (κ3) is 4.97. The van der Waals surface area contributed by atoms with Crippen molar-refractivity contribution in [2.45, 2.75) is 56.6 Å². The highest BCUT2D eigenvalue weighted by Gasteiger charge is 2.35. The summed E-state index contributed by atoms with van der Waals surface area (Å²) in [6.07, 6.45) is 1.58. The first kappa shape index (κ1) is 20.2. The number of carboxylic acids is 1. The van der Waals surface area contributed by atoms with Crippen molar-refractivity contribution in [3.63, 3.8) is 0 Å².